The molecule has 4 heteroatoms. The van der Waals surface area contributed by atoms with Gasteiger partial charge in [-0.05, 0) is 18.4 Å². The van der Waals surface area contributed by atoms with Gasteiger partial charge in [-0.25, -0.2) is 13.6 Å². The molecule has 0 heterocycles. The lowest BCUT2D eigenvalue weighted by molar-refractivity contribution is 0.556. The average Bonchev–Trinajstić information content (AvgIpc) is 2.50. The second kappa shape index (κ2) is 16.5. The number of hydrogen-bond acceptors (Lipinski definition) is 2. The highest BCUT2D eigenvalue weighted by Crippen LogP contribution is 2.12. The van der Waals surface area contributed by atoms with E-state index in [9.17, 15) is 0 Å². The Hall–Kier alpha value is -0.870. The second-order valence-corrected chi connectivity index (χ2v) is 6.27. The highest BCUT2D eigenvalue weighted by atomic mass is 32.2. The van der Waals surface area contributed by atoms with Crippen LogP contribution in [0.25, 0.3) is 0 Å². The van der Waals surface area contributed by atoms with Crippen molar-refractivity contribution in [3.05, 3.63) is 35.9 Å². The lowest BCUT2D eigenvalue weighted by atomic mass is 10.0. The Kier molecular flexibility index (Phi) is 15.8. The molecule has 0 atom stereocenters. The summed E-state index contributed by atoms with van der Waals surface area (Å²) in [5.74, 6) is 0. The Labute approximate surface area is 138 Å². The summed E-state index contributed by atoms with van der Waals surface area (Å²) in [6.45, 7) is 2.28. The summed E-state index contributed by atoms with van der Waals surface area (Å²) >= 11 is 0. The van der Waals surface area contributed by atoms with E-state index in [1.54, 1.807) is 0 Å². The van der Waals surface area contributed by atoms with E-state index in [1.807, 2.05) is 0 Å². The molecule has 0 aliphatic rings. The molecule has 0 saturated heterocycles. The first-order valence-corrected chi connectivity index (χ1v) is 9.84. The van der Waals surface area contributed by atoms with Crippen molar-refractivity contribution in [1.82, 2.24) is 0 Å². The standard InChI is InChI=1S/C18H30.H3NO2S/c1-2-3-4-5-6-7-8-9-10-12-15-18-16-13-11-14-17-18;1-4(2)3/h11,13-14,16-17H,2-10,12,15H2,1H3;4H,(H2,1,2,3). The Balaban J connectivity index is 0.000000980. The predicted molar refractivity (Wildman–Crippen MR) is 96.5 cm³/mol. The van der Waals surface area contributed by atoms with Crippen LogP contribution in [0.1, 0.15) is 76.7 Å². The van der Waals surface area contributed by atoms with Crippen LogP contribution in [0, 0.1) is 0 Å². The third-order valence-electron chi connectivity index (χ3n) is 3.66. The Morgan fingerprint density at radius 2 is 1.18 bits per heavy atom. The van der Waals surface area contributed by atoms with Crippen LogP contribution >= 0.6 is 0 Å². The minimum atomic E-state index is -2.62. The van der Waals surface area contributed by atoms with E-state index in [-0.39, 0.29) is 0 Å². The zero-order valence-corrected chi connectivity index (χ0v) is 14.9. The first-order chi connectivity index (χ1) is 10.7. The van der Waals surface area contributed by atoms with Crippen molar-refractivity contribution in [3.63, 3.8) is 0 Å². The zero-order valence-electron chi connectivity index (χ0n) is 14.0. The SMILES string of the molecule is CCCCCCCCCCCCc1ccccc1.N[SH](=O)=O. The summed E-state index contributed by atoms with van der Waals surface area (Å²) < 4.78 is 17.6. The number of aryl methyl sites for hydroxylation is 1. The highest BCUT2D eigenvalue weighted by molar-refractivity contribution is 7.69. The molecule has 0 bridgehead atoms. The van der Waals surface area contributed by atoms with Gasteiger partial charge in [-0.3, -0.25) is 0 Å². The van der Waals surface area contributed by atoms with Gasteiger partial charge in [0.05, 0.1) is 0 Å². The fourth-order valence-electron chi connectivity index (χ4n) is 2.46. The molecule has 22 heavy (non-hydrogen) atoms. The maximum Gasteiger partial charge on any atom is 0.198 e. The van der Waals surface area contributed by atoms with Gasteiger partial charge in [0, 0.05) is 0 Å². The van der Waals surface area contributed by atoms with Gasteiger partial charge in [0.2, 0.25) is 0 Å². The zero-order chi connectivity index (χ0) is 16.5. The van der Waals surface area contributed by atoms with Crippen molar-refractivity contribution in [2.45, 2.75) is 77.6 Å². The average molecular weight is 328 g/mol. The van der Waals surface area contributed by atoms with Gasteiger partial charge >= 0.3 is 0 Å². The molecular weight excluding hydrogens is 294 g/mol. The van der Waals surface area contributed by atoms with Crippen LogP contribution in [0.5, 0.6) is 0 Å². The van der Waals surface area contributed by atoms with Crippen LogP contribution in [0.15, 0.2) is 30.3 Å². The number of thiol groups is 1. The van der Waals surface area contributed by atoms with E-state index in [4.69, 9.17) is 8.42 Å². The molecule has 0 radical (unpaired) electrons. The van der Waals surface area contributed by atoms with Crippen LogP contribution < -0.4 is 5.14 Å². The van der Waals surface area contributed by atoms with Gasteiger partial charge in [-0.15, -0.1) is 0 Å². The lowest BCUT2D eigenvalue weighted by Gasteiger charge is -2.03. The summed E-state index contributed by atoms with van der Waals surface area (Å²) in [6.07, 6.45) is 15.5. The Bertz CT molecular complexity index is 397. The molecule has 0 aliphatic carbocycles. The third kappa shape index (κ3) is 17.2. The minimum Gasteiger partial charge on any atom is -0.231 e. The fourth-order valence-corrected chi connectivity index (χ4v) is 2.46. The molecule has 1 rings (SSSR count). The smallest absolute Gasteiger partial charge is 0.198 e. The molecule has 2 N–H and O–H groups in total. The van der Waals surface area contributed by atoms with Crippen molar-refractivity contribution in [2.75, 3.05) is 0 Å². The van der Waals surface area contributed by atoms with Gasteiger partial charge in [-0.1, -0.05) is 95.0 Å². The summed E-state index contributed by atoms with van der Waals surface area (Å²) in [6, 6.07) is 10.9. The number of nitrogens with two attached hydrogens (primary N) is 1. The van der Waals surface area contributed by atoms with Gasteiger partial charge in [0.25, 0.3) is 0 Å². The summed E-state index contributed by atoms with van der Waals surface area (Å²) in [4.78, 5) is 0. The largest absolute Gasteiger partial charge is 0.231 e. The maximum atomic E-state index is 8.81. The molecule has 0 spiro atoms. The molecule has 1 aromatic rings. The summed E-state index contributed by atoms with van der Waals surface area (Å²) in [5, 5.41) is 4.06. The molecule has 0 aliphatic heterocycles. The molecule has 128 valence electrons. The molecule has 1 aromatic carbocycles. The van der Waals surface area contributed by atoms with Crippen molar-refractivity contribution in [1.29, 1.82) is 0 Å². The minimum absolute atomic E-state index is 1.26. The molecule has 0 aromatic heterocycles. The van der Waals surface area contributed by atoms with E-state index in [1.165, 1.54) is 76.2 Å². The molecule has 0 saturated carbocycles. The Morgan fingerprint density at radius 1 is 0.773 bits per heavy atom. The molecule has 3 nitrogen and oxygen atoms in total. The molecule has 0 amide bonds. The van der Waals surface area contributed by atoms with Gasteiger partial charge in [-0.2, -0.15) is 0 Å². The van der Waals surface area contributed by atoms with E-state index < -0.39 is 10.9 Å². The highest BCUT2D eigenvalue weighted by Gasteiger charge is 1.94. The van der Waals surface area contributed by atoms with Crippen LogP contribution in [-0.4, -0.2) is 8.42 Å². The van der Waals surface area contributed by atoms with E-state index in [0.717, 1.165) is 0 Å². The summed E-state index contributed by atoms with van der Waals surface area (Å²) in [7, 11) is -2.62. The normalized spacial score (nSPS) is 10.3. The number of hydrogen-bond donors (Lipinski definition) is 2. The molecule has 0 fully saturated rings. The number of benzene rings is 1. The maximum absolute atomic E-state index is 8.81. The molecular formula is C18H33NO2S. The van der Waals surface area contributed by atoms with Crippen molar-refractivity contribution >= 4 is 10.9 Å². The van der Waals surface area contributed by atoms with E-state index in [0.29, 0.717) is 0 Å². The van der Waals surface area contributed by atoms with Gasteiger partial charge < -0.3 is 0 Å². The first kappa shape index (κ1) is 21.1. The quantitative estimate of drug-likeness (QED) is 0.460. The Morgan fingerprint density at radius 3 is 1.64 bits per heavy atom. The van der Waals surface area contributed by atoms with Crippen molar-refractivity contribution in [3.8, 4) is 0 Å². The van der Waals surface area contributed by atoms with Crippen LogP contribution in [0.2, 0.25) is 0 Å². The number of unbranched alkanes of at least 4 members (excludes halogenated alkanes) is 9. The van der Waals surface area contributed by atoms with Crippen molar-refractivity contribution < 1.29 is 8.42 Å². The third-order valence-corrected chi connectivity index (χ3v) is 3.66. The van der Waals surface area contributed by atoms with Crippen molar-refractivity contribution in [2.24, 2.45) is 5.14 Å². The monoisotopic (exact) mass is 327 g/mol. The van der Waals surface area contributed by atoms with E-state index >= 15 is 0 Å². The van der Waals surface area contributed by atoms with Gasteiger partial charge in [0.1, 0.15) is 0 Å². The van der Waals surface area contributed by atoms with Crippen LogP contribution in [0.3, 0.4) is 0 Å². The van der Waals surface area contributed by atoms with Crippen LogP contribution in [-0.2, 0) is 17.3 Å². The lowest BCUT2D eigenvalue weighted by Crippen LogP contribution is -1.86. The summed E-state index contributed by atoms with van der Waals surface area (Å²) in [5.41, 5.74) is 1.50. The van der Waals surface area contributed by atoms with Gasteiger partial charge in [0.15, 0.2) is 10.9 Å². The second-order valence-electron chi connectivity index (χ2n) is 5.70. The van der Waals surface area contributed by atoms with E-state index in [2.05, 4.69) is 42.4 Å². The topological polar surface area (TPSA) is 60.2 Å². The predicted octanol–water partition coefficient (Wildman–Crippen LogP) is 4.62. The fraction of sp³-hybridized carbons (Fsp3) is 0.667. The van der Waals surface area contributed by atoms with Crippen LogP contribution in [0.4, 0.5) is 0 Å². The molecule has 0 unspecified atom stereocenters. The first-order valence-electron chi connectivity index (χ1n) is 8.59. The number of rotatable bonds is 11.